The number of piperidine rings is 1. The molecular weight excluding hydrogens is 474 g/mol. The molecule has 0 atom stereocenters. The maximum absolute atomic E-state index is 13.8. The molecule has 2 fully saturated rings. The maximum atomic E-state index is 13.8. The van der Waals surface area contributed by atoms with E-state index in [0.29, 0.717) is 51.3 Å². The molecule has 2 aliphatic rings. The number of carbonyl (C=O) groups is 3. The van der Waals surface area contributed by atoms with Crippen LogP contribution in [0.3, 0.4) is 0 Å². The standard InChI is InChI=1S/C27H33N5O5/c1-4-28(5-2)24(33)18-30-19-31(22-9-7-6-8-10-22)27(26(30)35)13-15-29(16-14-27)25(34)21-12-11-20(3)23(17-21)32(36)37/h6-12,17H,4-5,13-16,18-19H2,1-3H3. The summed E-state index contributed by atoms with van der Waals surface area (Å²) in [5.41, 5.74) is 0.698. The van der Waals surface area contributed by atoms with E-state index in [1.54, 1.807) is 33.8 Å². The molecule has 0 radical (unpaired) electrons. The van der Waals surface area contributed by atoms with E-state index >= 15 is 0 Å². The van der Waals surface area contributed by atoms with Gasteiger partial charge in [-0.2, -0.15) is 0 Å². The number of carbonyl (C=O) groups excluding carboxylic acids is 3. The summed E-state index contributed by atoms with van der Waals surface area (Å²) in [4.78, 5) is 57.8. The lowest BCUT2D eigenvalue weighted by molar-refractivity contribution is -0.385. The van der Waals surface area contributed by atoms with Gasteiger partial charge in [-0.15, -0.1) is 0 Å². The third-order valence-electron chi connectivity index (χ3n) is 7.55. The third-order valence-corrected chi connectivity index (χ3v) is 7.55. The van der Waals surface area contributed by atoms with Crippen LogP contribution in [-0.4, -0.2) is 82.3 Å². The SMILES string of the molecule is CCN(CC)C(=O)CN1CN(c2ccccc2)C2(CCN(C(=O)c3ccc(C)c([N+](=O)[O-])c3)CC2)C1=O. The average Bonchev–Trinajstić information content (AvgIpc) is 3.16. The molecule has 0 unspecified atom stereocenters. The van der Waals surface area contributed by atoms with Crippen molar-refractivity contribution < 1.29 is 19.3 Å². The van der Waals surface area contributed by atoms with Crippen molar-refractivity contribution >= 4 is 29.1 Å². The zero-order valence-corrected chi connectivity index (χ0v) is 21.6. The summed E-state index contributed by atoms with van der Waals surface area (Å²) in [7, 11) is 0. The Kier molecular flexibility index (Phi) is 7.47. The molecule has 2 aliphatic heterocycles. The second kappa shape index (κ2) is 10.6. The Morgan fingerprint density at radius 3 is 2.30 bits per heavy atom. The second-order valence-electron chi connectivity index (χ2n) is 9.56. The third kappa shape index (κ3) is 4.87. The molecule has 196 valence electrons. The molecule has 1 spiro atoms. The van der Waals surface area contributed by atoms with Crippen molar-refractivity contribution in [2.75, 3.05) is 44.3 Å². The van der Waals surface area contributed by atoms with Gasteiger partial charge >= 0.3 is 0 Å². The highest BCUT2D eigenvalue weighted by Crippen LogP contribution is 2.39. The zero-order chi connectivity index (χ0) is 26.7. The number of hydrogen-bond acceptors (Lipinski definition) is 6. The normalized spacial score (nSPS) is 16.8. The van der Waals surface area contributed by atoms with Gasteiger partial charge in [0.25, 0.3) is 17.5 Å². The summed E-state index contributed by atoms with van der Waals surface area (Å²) in [6.45, 7) is 7.60. The molecule has 2 saturated heterocycles. The Hall–Kier alpha value is -3.95. The van der Waals surface area contributed by atoms with E-state index in [4.69, 9.17) is 0 Å². The van der Waals surface area contributed by atoms with E-state index in [-0.39, 0.29) is 35.5 Å². The van der Waals surface area contributed by atoms with Crippen molar-refractivity contribution in [1.29, 1.82) is 0 Å². The Bertz CT molecular complexity index is 1190. The molecule has 10 heteroatoms. The fourth-order valence-electron chi connectivity index (χ4n) is 5.36. The minimum Gasteiger partial charge on any atom is -0.342 e. The number of hydrogen-bond donors (Lipinski definition) is 0. The maximum Gasteiger partial charge on any atom is 0.273 e. The quantitative estimate of drug-likeness (QED) is 0.421. The fraction of sp³-hybridized carbons (Fsp3) is 0.444. The molecule has 0 aromatic heterocycles. The smallest absolute Gasteiger partial charge is 0.273 e. The predicted octanol–water partition coefficient (Wildman–Crippen LogP) is 3.05. The molecule has 0 bridgehead atoms. The van der Waals surface area contributed by atoms with Gasteiger partial charge < -0.3 is 19.6 Å². The molecular formula is C27H33N5O5. The van der Waals surface area contributed by atoms with Crippen LogP contribution >= 0.6 is 0 Å². The van der Waals surface area contributed by atoms with Crippen LogP contribution in [0.2, 0.25) is 0 Å². The lowest BCUT2D eigenvalue weighted by atomic mass is 9.85. The van der Waals surface area contributed by atoms with Crippen LogP contribution in [0, 0.1) is 17.0 Å². The van der Waals surface area contributed by atoms with E-state index in [1.807, 2.05) is 44.2 Å². The number of para-hydroxylation sites is 1. The molecule has 2 aromatic rings. The van der Waals surface area contributed by atoms with E-state index in [2.05, 4.69) is 4.90 Å². The molecule has 10 nitrogen and oxygen atoms in total. The number of amides is 3. The van der Waals surface area contributed by atoms with E-state index in [0.717, 1.165) is 5.69 Å². The van der Waals surface area contributed by atoms with Crippen LogP contribution in [-0.2, 0) is 9.59 Å². The summed E-state index contributed by atoms with van der Waals surface area (Å²) in [5.74, 6) is -0.477. The monoisotopic (exact) mass is 507 g/mol. The molecule has 0 N–H and O–H groups in total. The average molecular weight is 508 g/mol. The van der Waals surface area contributed by atoms with Crippen molar-refractivity contribution in [3.05, 3.63) is 69.8 Å². The van der Waals surface area contributed by atoms with Gasteiger partial charge in [0.1, 0.15) is 12.1 Å². The Morgan fingerprint density at radius 2 is 1.70 bits per heavy atom. The molecule has 3 amide bonds. The summed E-state index contributed by atoms with van der Waals surface area (Å²) in [5, 5.41) is 11.3. The van der Waals surface area contributed by atoms with Gasteiger partial charge in [0.15, 0.2) is 0 Å². The number of anilines is 1. The molecule has 0 saturated carbocycles. The largest absolute Gasteiger partial charge is 0.342 e. The topological polar surface area (TPSA) is 107 Å². The second-order valence-corrected chi connectivity index (χ2v) is 9.56. The van der Waals surface area contributed by atoms with Gasteiger partial charge in [-0.05, 0) is 51.8 Å². The number of nitro groups is 1. The van der Waals surface area contributed by atoms with Crippen LogP contribution in [0.4, 0.5) is 11.4 Å². The molecule has 2 heterocycles. The summed E-state index contributed by atoms with van der Waals surface area (Å²) in [6, 6.07) is 14.2. The highest BCUT2D eigenvalue weighted by Gasteiger charge is 2.54. The van der Waals surface area contributed by atoms with Crippen molar-refractivity contribution in [2.45, 2.75) is 39.2 Å². The van der Waals surface area contributed by atoms with Crippen molar-refractivity contribution in [3.63, 3.8) is 0 Å². The first-order valence-electron chi connectivity index (χ1n) is 12.7. The van der Waals surface area contributed by atoms with Gasteiger partial charge in [-0.3, -0.25) is 24.5 Å². The highest BCUT2D eigenvalue weighted by molar-refractivity contribution is 5.98. The number of rotatable bonds is 7. The number of likely N-dealkylation sites (tertiary alicyclic amines) is 1. The van der Waals surface area contributed by atoms with Gasteiger partial charge in [-0.25, -0.2) is 0 Å². The number of aryl methyl sites for hydroxylation is 1. The minimum absolute atomic E-state index is 0.0152. The fourth-order valence-corrected chi connectivity index (χ4v) is 5.36. The molecule has 0 aliphatic carbocycles. The highest BCUT2D eigenvalue weighted by atomic mass is 16.6. The number of likely N-dealkylation sites (N-methyl/N-ethyl adjacent to an activating group) is 1. The van der Waals surface area contributed by atoms with Gasteiger partial charge in [-0.1, -0.05) is 24.3 Å². The lowest BCUT2D eigenvalue weighted by Gasteiger charge is -2.43. The number of nitro benzene ring substituents is 1. The van der Waals surface area contributed by atoms with Crippen LogP contribution < -0.4 is 4.90 Å². The Balaban J connectivity index is 1.56. The Labute approximate surface area is 216 Å². The first kappa shape index (κ1) is 26.1. The van der Waals surface area contributed by atoms with Crippen LogP contribution in [0.5, 0.6) is 0 Å². The first-order chi connectivity index (χ1) is 17.7. The molecule has 4 rings (SSSR count). The summed E-state index contributed by atoms with van der Waals surface area (Å²) < 4.78 is 0. The number of nitrogens with zero attached hydrogens (tertiary/aromatic N) is 5. The van der Waals surface area contributed by atoms with Crippen LogP contribution in [0.15, 0.2) is 48.5 Å². The Morgan fingerprint density at radius 1 is 1.05 bits per heavy atom. The van der Waals surface area contributed by atoms with Gasteiger partial charge in [0.2, 0.25) is 5.91 Å². The van der Waals surface area contributed by atoms with E-state index in [1.165, 1.54) is 6.07 Å². The summed E-state index contributed by atoms with van der Waals surface area (Å²) >= 11 is 0. The van der Waals surface area contributed by atoms with E-state index in [9.17, 15) is 24.5 Å². The van der Waals surface area contributed by atoms with E-state index < -0.39 is 10.5 Å². The minimum atomic E-state index is -0.860. The van der Waals surface area contributed by atoms with Crippen molar-refractivity contribution in [1.82, 2.24) is 14.7 Å². The van der Waals surface area contributed by atoms with Crippen LogP contribution in [0.1, 0.15) is 42.6 Å². The lowest BCUT2D eigenvalue weighted by Crippen LogP contribution is -2.57. The van der Waals surface area contributed by atoms with Crippen LogP contribution in [0.25, 0.3) is 0 Å². The van der Waals surface area contributed by atoms with Gasteiger partial charge in [0.05, 0.1) is 11.6 Å². The molecule has 2 aromatic carbocycles. The van der Waals surface area contributed by atoms with Crippen molar-refractivity contribution in [3.8, 4) is 0 Å². The molecule has 37 heavy (non-hydrogen) atoms. The first-order valence-corrected chi connectivity index (χ1v) is 12.7. The zero-order valence-electron chi connectivity index (χ0n) is 21.6. The predicted molar refractivity (Wildman–Crippen MR) is 139 cm³/mol. The van der Waals surface area contributed by atoms with Crippen molar-refractivity contribution in [2.24, 2.45) is 0 Å². The van der Waals surface area contributed by atoms with Gasteiger partial charge in [0, 0.05) is 49.1 Å². The summed E-state index contributed by atoms with van der Waals surface area (Å²) in [6.07, 6.45) is 0.798. The number of benzene rings is 2.